The first-order valence-electron chi connectivity index (χ1n) is 18.8. The molecule has 0 fully saturated rings. The van der Waals surface area contributed by atoms with E-state index < -0.39 is 0 Å². The molecule has 0 spiro atoms. The molecule has 10 aromatic rings. The summed E-state index contributed by atoms with van der Waals surface area (Å²) in [6.45, 7) is 2.14. The van der Waals surface area contributed by atoms with Crippen molar-refractivity contribution in [3.63, 3.8) is 0 Å². The molecule has 2 nitrogen and oxygen atoms in total. The van der Waals surface area contributed by atoms with E-state index in [4.69, 9.17) is 4.42 Å². The van der Waals surface area contributed by atoms with Crippen LogP contribution >= 0.6 is 0 Å². The Morgan fingerprint density at radius 2 is 0.836 bits per heavy atom. The van der Waals surface area contributed by atoms with Crippen molar-refractivity contribution in [3.8, 4) is 44.7 Å². The highest BCUT2D eigenvalue weighted by Gasteiger charge is 2.16. The maximum Gasteiger partial charge on any atom is 0.138 e. The Balaban J connectivity index is 1.03. The Morgan fingerprint density at radius 3 is 1.51 bits per heavy atom. The summed E-state index contributed by atoms with van der Waals surface area (Å²) in [5.41, 5.74) is 13.6. The molecular formula is C53H37NO. The smallest absolute Gasteiger partial charge is 0.138 e. The quantitative estimate of drug-likeness (QED) is 0.154. The van der Waals surface area contributed by atoms with Gasteiger partial charge in [0.1, 0.15) is 11.3 Å². The van der Waals surface area contributed by atoms with Gasteiger partial charge in [-0.1, -0.05) is 152 Å². The van der Waals surface area contributed by atoms with E-state index in [2.05, 4.69) is 206 Å². The van der Waals surface area contributed by atoms with E-state index in [1.807, 2.05) is 12.1 Å². The molecular weight excluding hydrogens is 667 g/mol. The van der Waals surface area contributed by atoms with Crippen LogP contribution in [0.2, 0.25) is 0 Å². The first kappa shape index (κ1) is 32.5. The minimum Gasteiger partial charge on any atom is -0.456 e. The number of hydrogen-bond acceptors (Lipinski definition) is 2. The summed E-state index contributed by atoms with van der Waals surface area (Å²) >= 11 is 0. The number of nitrogens with zero attached hydrogens (tertiary/aromatic N) is 1. The molecule has 0 unspecified atom stereocenters. The van der Waals surface area contributed by atoms with E-state index in [-0.39, 0.29) is 0 Å². The van der Waals surface area contributed by atoms with Gasteiger partial charge < -0.3 is 9.32 Å². The molecule has 0 saturated carbocycles. The summed E-state index contributed by atoms with van der Waals surface area (Å²) in [5.74, 6) is 0.921. The number of para-hydroxylation sites is 1. The molecule has 0 aliphatic rings. The number of fused-ring (bicyclic) bond motifs is 4. The molecule has 0 N–H and O–H groups in total. The summed E-state index contributed by atoms with van der Waals surface area (Å²) in [7, 11) is 0. The average Bonchev–Trinajstić information content (AvgIpc) is 3.60. The largest absolute Gasteiger partial charge is 0.456 e. The van der Waals surface area contributed by atoms with E-state index in [1.54, 1.807) is 0 Å². The molecule has 10 rings (SSSR count). The van der Waals surface area contributed by atoms with Gasteiger partial charge in [-0.3, -0.25) is 0 Å². The lowest BCUT2D eigenvalue weighted by Crippen LogP contribution is -2.09. The number of furan rings is 1. The molecule has 9 aromatic carbocycles. The zero-order valence-corrected chi connectivity index (χ0v) is 30.5. The van der Waals surface area contributed by atoms with Gasteiger partial charge in [0.2, 0.25) is 0 Å². The van der Waals surface area contributed by atoms with Crippen LogP contribution in [0, 0.1) is 6.92 Å². The van der Waals surface area contributed by atoms with Crippen LogP contribution < -0.4 is 4.90 Å². The maximum atomic E-state index is 6.33. The van der Waals surface area contributed by atoms with Gasteiger partial charge in [-0.05, 0) is 116 Å². The Labute approximate surface area is 321 Å². The Kier molecular flexibility index (Phi) is 8.08. The second kappa shape index (κ2) is 13.7. The van der Waals surface area contributed by atoms with Crippen LogP contribution in [0.25, 0.3) is 77.2 Å². The Morgan fingerprint density at radius 1 is 0.345 bits per heavy atom. The van der Waals surface area contributed by atoms with Crippen molar-refractivity contribution in [2.45, 2.75) is 6.92 Å². The van der Waals surface area contributed by atoms with Crippen molar-refractivity contribution in [1.29, 1.82) is 0 Å². The van der Waals surface area contributed by atoms with Gasteiger partial charge >= 0.3 is 0 Å². The number of benzene rings is 9. The fraction of sp³-hybridized carbons (Fsp3) is 0.0189. The molecule has 0 amide bonds. The second-order valence-electron chi connectivity index (χ2n) is 14.2. The van der Waals surface area contributed by atoms with Gasteiger partial charge in [0.25, 0.3) is 0 Å². The van der Waals surface area contributed by atoms with E-state index in [1.165, 1.54) is 43.8 Å². The third-order valence-electron chi connectivity index (χ3n) is 10.9. The third kappa shape index (κ3) is 5.95. The fourth-order valence-corrected chi connectivity index (χ4v) is 8.06. The zero-order chi connectivity index (χ0) is 36.7. The minimum absolute atomic E-state index is 0.917. The van der Waals surface area contributed by atoms with E-state index in [0.29, 0.717) is 0 Å². The Hall–Kier alpha value is -7.16. The van der Waals surface area contributed by atoms with Crippen LogP contribution in [-0.4, -0.2) is 0 Å². The van der Waals surface area contributed by atoms with Gasteiger partial charge in [-0.25, -0.2) is 0 Å². The summed E-state index contributed by atoms with van der Waals surface area (Å²) in [4.78, 5) is 2.34. The van der Waals surface area contributed by atoms with Gasteiger partial charge in [-0.2, -0.15) is 0 Å². The van der Waals surface area contributed by atoms with E-state index in [9.17, 15) is 0 Å². The van der Waals surface area contributed by atoms with Gasteiger partial charge in [0.15, 0.2) is 0 Å². The second-order valence-corrected chi connectivity index (χ2v) is 14.2. The average molecular weight is 704 g/mol. The SMILES string of the molecule is Cc1c(-c2cccc(-c3ccc(N(c4ccc(-c5ccccc5)cc4)c4ccc(-c5cc6ccccc6c6ccccc56)cc4)cc3)c2)oc2ccccc12. The molecule has 0 aliphatic heterocycles. The predicted octanol–water partition coefficient (Wildman–Crippen LogP) is 15.2. The summed E-state index contributed by atoms with van der Waals surface area (Å²) in [6.07, 6.45) is 0. The zero-order valence-electron chi connectivity index (χ0n) is 30.5. The van der Waals surface area contributed by atoms with Crippen molar-refractivity contribution < 1.29 is 4.42 Å². The Bertz CT molecular complexity index is 2960. The number of rotatable bonds is 7. The van der Waals surface area contributed by atoms with Crippen LogP contribution in [-0.2, 0) is 0 Å². The topological polar surface area (TPSA) is 16.4 Å². The van der Waals surface area contributed by atoms with Crippen molar-refractivity contribution >= 4 is 49.6 Å². The van der Waals surface area contributed by atoms with Crippen molar-refractivity contribution in [3.05, 3.63) is 212 Å². The monoisotopic (exact) mass is 703 g/mol. The maximum absolute atomic E-state index is 6.33. The summed E-state index contributed by atoms with van der Waals surface area (Å²) < 4.78 is 6.33. The summed E-state index contributed by atoms with van der Waals surface area (Å²) in [5, 5.41) is 6.22. The van der Waals surface area contributed by atoms with Crippen molar-refractivity contribution in [1.82, 2.24) is 0 Å². The number of anilines is 3. The van der Waals surface area contributed by atoms with Gasteiger partial charge in [0, 0.05) is 33.6 Å². The first-order valence-corrected chi connectivity index (χ1v) is 18.8. The molecule has 1 heterocycles. The van der Waals surface area contributed by atoms with E-state index in [0.717, 1.165) is 56.0 Å². The molecule has 55 heavy (non-hydrogen) atoms. The molecule has 0 aliphatic carbocycles. The number of hydrogen-bond donors (Lipinski definition) is 0. The highest BCUT2D eigenvalue weighted by Crippen LogP contribution is 2.40. The lowest BCUT2D eigenvalue weighted by Gasteiger charge is -2.26. The highest BCUT2D eigenvalue weighted by molar-refractivity contribution is 6.13. The van der Waals surface area contributed by atoms with Crippen LogP contribution in [0.5, 0.6) is 0 Å². The fourth-order valence-electron chi connectivity index (χ4n) is 8.06. The lowest BCUT2D eigenvalue weighted by atomic mass is 9.93. The molecule has 0 saturated heterocycles. The van der Waals surface area contributed by atoms with Crippen LogP contribution in [0.1, 0.15) is 5.56 Å². The predicted molar refractivity (Wildman–Crippen MR) is 232 cm³/mol. The molecule has 0 radical (unpaired) electrons. The molecule has 0 bridgehead atoms. The summed E-state index contributed by atoms with van der Waals surface area (Å²) in [6, 6.07) is 74.0. The molecule has 260 valence electrons. The normalized spacial score (nSPS) is 11.4. The van der Waals surface area contributed by atoms with Crippen LogP contribution in [0.15, 0.2) is 211 Å². The first-order chi connectivity index (χ1) is 27.2. The molecule has 0 atom stereocenters. The van der Waals surface area contributed by atoms with Crippen LogP contribution in [0.4, 0.5) is 17.1 Å². The third-order valence-corrected chi connectivity index (χ3v) is 10.9. The van der Waals surface area contributed by atoms with Crippen molar-refractivity contribution in [2.75, 3.05) is 4.90 Å². The number of aryl methyl sites for hydroxylation is 1. The minimum atomic E-state index is 0.917. The van der Waals surface area contributed by atoms with Gasteiger partial charge in [0.05, 0.1) is 0 Å². The van der Waals surface area contributed by atoms with Gasteiger partial charge in [-0.15, -0.1) is 0 Å². The van der Waals surface area contributed by atoms with Crippen LogP contribution in [0.3, 0.4) is 0 Å². The lowest BCUT2D eigenvalue weighted by molar-refractivity contribution is 0.629. The molecule has 2 heteroatoms. The van der Waals surface area contributed by atoms with E-state index >= 15 is 0 Å². The standard InChI is InChI=1S/C53H37NO/c1-36-47-17-9-10-21-52(47)55-53(36)43-16-11-15-41(34-43)39-24-30-45(31-25-39)54(44-28-22-38(23-29-44)37-12-3-2-4-13-37)46-32-26-40(27-33-46)51-35-42-14-5-6-18-48(42)49-19-7-8-20-50(49)51/h2-35H,1H3. The highest BCUT2D eigenvalue weighted by atomic mass is 16.3. The van der Waals surface area contributed by atoms with Crippen molar-refractivity contribution in [2.24, 2.45) is 0 Å². The molecule has 1 aromatic heterocycles.